The number of nitrogens with two attached hydrogens (primary N) is 1. The van der Waals surface area contributed by atoms with Gasteiger partial charge < -0.3 is 10.7 Å². The molecular formula is C9H13N5. The summed E-state index contributed by atoms with van der Waals surface area (Å²) in [4.78, 5) is 7.37. The van der Waals surface area contributed by atoms with Gasteiger partial charge in [0.1, 0.15) is 5.82 Å². The Morgan fingerprint density at radius 1 is 1.64 bits per heavy atom. The summed E-state index contributed by atoms with van der Waals surface area (Å²) in [6.07, 6.45) is 5.41. The van der Waals surface area contributed by atoms with Crippen LogP contribution in [0.2, 0.25) is 0 Å². The lowest BCUT2D eigenvalue weighted by Crippen LogP contribution is -2.06. The molecule has 0 bridgehead atoms. The van der Waals surface area contributed by atoms with Crippen LogP contribution in [-0.2, 0) is 6.54 Å². The second-order valence-corrected chi connectivity index (χ2v) is 3.28. The summed E-state index contributed by atoms with van der Waals surface area (Å²) in [5, 5.41) is 4.09. The average Bonchev–Trinajstić information content (AvgIpc) is 2.75. The first-order valence-corrected chi connectivity index (χ1v) is 4.52. The molecule has 0 saturated carbocycles. The fourth-order valence-corrected chi connectivity index (χ4v) is 1.24. The second-order valence-electron chi connectivity index (χ2n) is 3.28. The molecule has 0 aliphatic heterocycles. The average molecular weight is 191 g/mol. The van der Waals surface area contributed by atoms with Crippen molar-refractivity contribution in [2.45, 2.75) is 19.5 Å². The highest BCUT2D eigenvalue weighted by atomic mass is 15.3. The van der Waals surface area contributed by atoms with Gasteiger partial charge in [-0.25, -0.2) is 4.98 Å². The van der Waals surface area contributed by atoms with Crippen molar-refractivity contribution in [2.24, 2.45) is 5.73 Å². The van der Waals surface area contributed by atoms with Gasteiger partial charge in [-0.15, -0.1) is 0 Å². The van der Waals surface area contributed by atoms with Crippen LogP contribution in [-0.4, -0.2) is 19.7 Å². The third-order valence-electron chi connectivity index (χ3n) is 2.01. The zero-order valence-corrected chi connectivity index (χ0v) is 8.01. The number of H-pyrrole nitrogens is 1. The molecule has 74 valence electrons. The van der Waals surface area contributed by atoms with E-state index < -0.39 is 0 Å². The summed E-state index contributed by atoms with van der Waals surface area (Å²) >= 11 is 0. The zero-order chi connectivity index (χ0) is 9.97. The minimum absolute atomic E-state index is 0.00567. The van der Waals surface area contributed by atoms with E-state index in [1.165, 1.54) is 0 Å². The van der Waals surface area contributed by atoms with Gasteiger partial charge in [0.15, 0.2) is 0 Å². The van der Waals surface area contributed by atoms with Gasteiger partial charge in [-0.05, 0) is 13.0 Å². The predicted molar refractivity (Wildman–Crippen MR) is 52.5 cm³/mol. The molecule has 1 unspecified atom stereocenters. The van der Waals surface area contributed by atoms with Gasteiger partial charge in [0.2, 0.25) is 0 Å². The smallest absolute Gasteiger partial charge is 0.128 e. The second kappa shape index (κ2) is 3.63. The van der Waals surface area contributed by atoms with Crippen LogP contribution in [0.15, 0.2) is 24.7 Å². The summed E-state index contributed by atoms with van der Waals surface area (Å²) in [6.45, 7) is 2.57. The lowest BCUT2D eigenvalue weighted by molar-refractivity contribution is 0.657. The third-order valence-corrected chi connectivity index (χ3v) is 2.01. The molecule has 0 aliphatic rings. The minimum Gasteiger partial charge on any atom is -0.343 e. The molecule has 0 aliphatic carbocycles. The van der Waals surface area contributed by atoms with E-state index >= 15 is 0 Å². The van der Waals surface area contributed by atoms with E-state index in [1.807, 2.05) is 23.9 Å². The number of aromatic nitrogens is 4. The maximum Gasteiger partial charge on any atom is 0.128 e. The predicted octanol–water partition coefficient (Wildman–Crippen LogP) is 0.674. The van der Waals surface area contributed by atoms with Gasteiger partial charge in [0.05, 0.1) is 12.2 Å². The van der Waals surface area contributed by atoms with E-state index in [9.17, 15) is 0 Å². The zero-order valence-electron chi connectivity index (χ0n) is 8.01. The maximum absolute atomic E-state index is 5.71. The van der Waals surface area contributed by atoms with Crippen LogP contribution in [0.25, 0.3) is 0 Å². The SMILES string of the molecule is CC(N)c1cnc(Cn2cccn2)[nH]1. The molecule has 0 radical (unpaired) electrons. The van der Waals surface area contributed by atoms with E-state index in [0.29, 0.717) is 6.54 Å². The van der Waals surface area contributed by atoms with Gasteiger partial charge in [-0.1, -0.05) is 0 Å². The van der Waals surface area contributed by atoms with Gasteiger partial charge in [-0.3, -0.25) is 4.68 Å². The van der Waals surface area contributed by atoms with Crippen molar-refractivity contribution in [1.29, 1.82) is 0 Å². The van der Waals surface area contributed by atoms with Crippen molar-refractivity contribution in [3.05, 3.63) is 36.2 Å². The summed E-state index contributed by atoms with van der Waals surface area (Å²) in [5.74, 6) is 0.876. The maximum atomic E-state index is 5.71. The Balaban J connectivity index is 2.11. The Morgan fingerprint density at radius 3 is 3.07 bits per heavy atom. The lowest BCUT2D eigenvalue weighted by Gasteiger charge is -2.00. The summed E-state index contributed by atoms with van der Waals surface area (Å²) in [6, 6.07) is 1.88. The Kier molecular flexibility index (Phi) is 2.32. The van der Waals surface area contributed by atoms with Crippen molar-refractivity contribution >= 4 is 0 Å². The fraction of sp³-hybridized carbons (Fsp3) is 0.333. The van der Waals surface area contributed by atoms with Crippen molar-refractivity contribution < 1.29 is 0 Å². The number of hydrogen-bond donors (Lipinski definition) is 2. The number of rotatable bonds is 3. The molecule has 0 aromatic carbocycles. The van der Waals surface area contributed by atoms with Crippen LogP contribution >= 0.6 is 0 Å². The van der Waals surface area contributed by atoms with E-state index in [-0.39, 0.29) is 6.04 Å². The highest BCUT2D eigenvalue weighted by Gasteiger charge is 2.04. The topological polar surface area (TPSA) is 72.5 Å². The minimum atomic E-state index is -0.00567. The number of hydrogen-bond acceptors (Lipinski definition) is 3. The van der Waals surface area contributed by atoms with Gasteiger partial charge in [0.25, 0.3) is 0 Å². The van der Waals surface area contributed by atoms with Crippen LogP contribution in [0.5, 0.6) is 0 Å². The van der Waals surface area contributed by atoms with Crippen LogP contribution in [0.4, 0.5) is 0 Å². The quantitative estimate of drug-likeness (QED) is 0.749. The molecule has 2 aromatic rings. The molecule has 0 saturated heterocycles. The van der Waals surface area contributed by atoms with Crippen molar-refractivity contribution in [3.8, 4) is 0 Å². The molecule has 5 heteroatoms. The number of nitrogens with zero attached hydrogens (tertiary/aromatic N) is 3. The first-order valence-electron chi connectivity index (χ1n) is 4.52. The molecule has 1 atom stereocenters. The van der Waals surface area contributed by atoms with Crippen molar-refractivity contribution in [3.63, 3.8) is 0 Å². The number of aromatic amines is 1. The highest BCUT2D eigenvalue weighted by Crippen LogP contribution is 2.06. The molecule has 0 spiro atoms. The Labute approximate surface area is 82.0 Å². The van der Waals surface area contributed by atoms with Crippen LogP contribution in [0.1, 0.15) is 24.5 Å². The Hall–Kier alpha value is -1.62. The van der Waals surface area contributed by atoms with Crippen LogP contribution in [0.3, 0.4) is 0 Å². The largest absolute Gasteiger partial charge is 0.343 e. The summed E-state index contributed by atoms with van der Waals surface area (Å²) < 4.78 is 1.81. The molecule has 14 heavy (non-hydrogen) atoms. The molecule has 2 rings (SSSR count). The van der Waals surface area contributed by atoms with Crippen LogP contribution in [0, 0.1) is 0 Å². The molecule has 2 heterocycles. The molecular weight excluding hydrogens is 178 g/mol. The number of imidazole rings is 1. The molecule has 0 fully saturated rings. The lowest BCUT2D eigenvalue weighted by atomic mass is 10.3. The van der Waals surface area contributed by atoms with E-state index in [2.05, 4.69) is 15.1 Å². The Bertz CT molecular complexity index is 387. The van der Waals surface area contributed by atoms with Crippen molar-refractivity contribution in [1.82, 2.24) is 19.7 Å². The summed E-state index contributed by atoms with van der Waals surface area (Å²) in [7, 11) is 0. The van der Waals surface area contributed by atoms with Crippen molar-refractivity contribution in [2.75, 3.05) is 0 Å². The van der Waals surface area contributed by atoms with E-state index in [4.69, 9.17) is 5.73 Å². The molecule has 3 N–H and O–H groups in total. The first-order chi connectivity index (χ1) is 6.75. The first kappa shape index (κ1) is 8.96. The van der Waals surface area contributed by atoms with Crippen LogP contribution < -0.4 is 5.73 Å². The monoisotopic (exact) mass is 191 g/mol. The van der Waals surface area contributed by atoms with E-state index in [0.717, 1.165) is 11.5 Å². The van der Waals surface area contributed by atoms with Gasteiger partial charge in [-0.2, -0.15) is 5.10 Å². The normalized spacial score (nSPS) is 13.0. The molecule has 2 aromatic heterocycles. The van der Waals surface area contributed by atoms with Gasteiger partial charge >= 0.3 is 0 Å². The Morgan fingerprint density at radius 2 is 2.50 bits per heavy atom. The molecule has 5 nitrogen and oxygen atoms in total. The third kappa shape index (κ3) is 1.82. The summed E-state index contributed by atoms with van der Waals surface area (Å²) in [5.41, 5.74) is 6.66. The van der Waals surface area contributed by atoms with E-state index in [1.54, 1.807) is 12.4 Å². The standard InChI is InChI=1S/C9H13N5/c1-7(10)8-5-11-9(13-8)6-14-4-2-3-12-14/h2-5,7H,6,10H2,1H3,(H,11,13). The molecule has 0 amide bonds. The van der Waals surface area contributed by atoms with Gasteiger partial charge in [0, 0.05) is 24.6 Å². The fourth-order valence-electron chi connectivity index (χ4n) is 1.24. The highest BCUT2D eigenvalue weighted by molar-refractivity contribution is 5.05. The number of nitrogens with one attached hydrogen (secondary N) is 1.